The summed E-state index contributed by atoms with van der Waals surface area (Å²) < 4.78 is 12.8. The maximum atomic E-state index is 12.8. The average Bonchev–Trinajstić information content (AvgIpc) is 2.54. The van der Waals surface area contributed by atoms with Crippen molar-refractivity contribution in [2.24, 2.45) is 0 Å². The Morgan fingerprint density at radius 3 is 2.22 bits per heavy atom. The monoisotopic (exact) mass is 309 g/mol. The van der Waals surface area contributed by atoms with Gasteiger partial charge >= 0.3 is 0 Å². The van der Waals surface area contributed by atoms with E-state index in [9.17, 15) is 14.0 Å². The Bertz CT molecular complexity index is 759. The van der Waals surface area contributed by atoms with Crippen LogP contribution in [-0.2, 0) is 4.79 Å². The van der Waals surface area contributed by atoms with Crippen LogP contribution < -0.4 is 5.32 Å². The molecule has 0 aliphatic rings. The van der Waals surface area contributed by atoms with Gasteiger partial charge in [0.2, 0.25) is 0 Å². The fourth-order valence-electron chi connectivity index (χ4n) is 1.80. The molecule has 2 aromatic rings. The first-order valence-corrected chi connectivity index (χ1v) is 7.00. The lowest BCUT2D eigenvalue weighted by atomic mass is 10.1. The van der Waals surface area contributed by atoms with Gasteiger partial charge in [0.15, 0.2) is 5.78 Å². The van der Waals surface area contributed by atoms with Gasteiger partial charge in [-0.25, -0.2) is 4.39 Å². The molecular weight excluding hydrogens is 293 g/mol. The van der Waals surface area contributed by atoms with Crippen LogP contribution in [0.15, 0.2) is 66.8 Å². The summed E-state index contributed by atoms with van der Waals surface area (Å²) in [6.07, 6.45) is 3.05. The maximum Gasteiger partial charge on any atom is 0.250 e. The predicted octanol–water partition coefficient (Wildman–Crippen LogP) is 4.24. The zero-order chi connectivity index (χ0) is 16.8. The van der Waals surface area contributed by atoms with Crippen LogP contribution in [0.3, 0.4) is 0 Å². The molecule has 0 aliphatic carbocycles. The number of allylic oxidation sites excluding steroid dienone is 1. The van der Waals surface area contributed by atoms with Crippen LogP contribution in [0, 0.1) is 5.82 Å². The number of amides is 1. The summed E-state index contributed by atoms with van der Waals surface area (Å²) in [7, 11) is 0. The zero-order valence-corrected chi connectivity index (χ0v) is 12.7. The molecule has 0 heterocycles. The molecule has 0 unspecified atom stereocenters. The Morgan fingerprint density at radius 1 is 1.04 bits per heavy atom. The smallest absolute Gasteiger partial charge is 0.250 e. The lowest BCUT2D eigenvalue weighted by Gasteiger charge is -2.05. The summed E-state index contributed by atoms with van der Waals surface area (Å²) in [6, 6.07) is 12.4. The highest BCUT2D eigenvalue weighted by Gasteiger charge is 2.05. The SMILES string of the molecule is C=C(C)C(=O)Nc1ccc(C(=O)C=Cc2ccc(F)cc2)cc1. The molecule has 0 saturated carbocycles. The highest BCUT2D eigenvalue weighted by Crippen LogP contribution is 2.12. The largest absolute Gasteiger partial charge is 0.322 e. The highest BCUT2D eigenvalue weighted by molar-refractivity contribution is 6.07. The molecule has 1 N–H and O–H groups in total. The molecule has 0 fully saturated rings. The first-order valence-electron chi connectivity index (χ1n) is 7.00. The zero-order valence-electron chi connectivity index (χ0n) is 12.7. The van der Waals surface area contributed by atoms with Crippen LogP contribution in [0.25, 0.3) is 6.08 Å². The van der Waals surface area contributed by atoms with E-state index in [0.29, 0.717) is 16.8 Å². The summed E-state index contributed by atoms with van der Waals surface area (Å²) in [6.45, 7) is 5.18. The highest BCUT2D eigenvalue weighted by atomic mass is 19.1. The van der Waals surface area contributed by atoms with E-state index in [0.717, 1.165) is 5.56 Å². The van der Waals surface area contributed by atoms with Crippen molar-refractivity contribution in [2.45, 2.75) is 6.92 Å². The lowest BCUT2D eigenvalue weighted by molar-refractivity contribution is -0.112. The van der Waals surface area contributed by atoms with Crippen molar-refractivity contribution < 1.29 is 14.0 Å². The number of anilines is 1. The number of ketones is 1. The van der Waals surface area contributed by atoms with Gasteiger partial charge in [-0.05, 0) is 55.0 Å². The summed E-state index contributed by atoms with van der Waals surface area (Å²) in [5, 5.41) is 2.67. The first kappa shape index (κ1) is 16.4. The van der Waals surface area contributed by atoms with Crippen molar-refractivity contribution in [3.8, 4) is 0 Å². The molecular formula is C19H16FNO2. The van der Waals surface area contributed by atoms with Gasteiger partial charge in [0.05, 0.1) is 0 Å². The summed E-state index contributed by atoms with van der Waals surface area (Å²) in [5.74, 6) is -0.756. The molecule has 3 nitrogen and oxygen atoms in total. The molecule has 0 atom stereocenters. The van der Waals surface area contributed by atoms with Crippen molar-refractivity contribution in [3.05, 3.63) is 83.7 Å². The van der Waals surface area contributed by atoms with Crippen molar-refractivity contribution in [3.63, 3.8) is 0 Å². The third-order valence-electron chi connectivity index (χ3n) is 3.11. The minimum atomic E-state index is -0.319. The second-order valence-electron chi connectivity index (χ2n) is 5.06. The Labute approximate surface area is 134 Å². The number of halogens is 1. The quantitative estimate of drug-likeness (QED) is 0.663. The fraction of sp³-hybridized carbons (Fsp3) is 0.0526. The number of carbonyl (C=O) groups excluding carboxylic acids is 2. The third kappa shape index (κ3) is 4.74. The average molecular weight is 309 g/mol. The number of carbonyl (C=O) groups is 2. The first-order chi connectivity index (χ1) is 11.0. The van der Waals surface area contributed by atoms with Gasteiger partial charge in [0, 0.05) is 16.8 Å². The summed E-state index contributed by atoms with van der Waals surface area (Å²) in [4.78, 5) is 23.6. The number of hydrogen-bond donors (Lipinski definition) is 1. The number of hydrogen-bond acceptors (Lipinski definition) is 2. The maximum absolute atomic E-state index is 12.8. The van der Waals surface area contributed by atoms with Crippen LogP contribution >= 0.6 is 0 Å². The van der Waals surface area contributed by atoms with Gasteiger partial charge in [0.1, 0.15) is 5.82 Å². The van der Waals surface area contributed by atoms with Crippen LogP contribution in [0.5, 0.6) is 0 Å². The number of rotatable bonds is 5. The van der Waals surface area contributed by atoms with Gasteiger partial charge in [-0.2, -0.15) is 0 Å². The van der Waals surface area contributed by atoms with Crippen LogP contribution in [-0.4, -0.2) is 11.7 Å². The normalized spacial score (nSPS) is 10.5. The summed E-state index contributed by atoms with van der Waals surface area (Å²) >= 11 is 0. The molecule has 0 saturated heterocycles. The van der Waals surface area contributed by atoms with E-state index in [4.69, 9.17) is 0 Å². The second-order valence-corrected chi connectivity index (χ2v) is 5.06. The van der Waals surface area contributed by atoms with Crippen molar-refractivity contribution in [1.29, 1.82) is 0 Å². The molecule has 0 bridgehead atoms. The molecule has 1 amide bonds. The number of nitrogens with one attached hydrogen (secondary N) is 1. The predicted molar refractivity (Wildman–Crippen MR) is 89.7 cm³/mol. The third-order valence-corrected chi connectivity index (χ3v) is 3.11. The van der Waals surface area contributed by atoms with Gasteiger partial charge in [-0.3, -0.25) is 9.59 Å². The van der Waals surface area contributed by atoms with E-state index >= 15 is 0 Å². The Hall–Kier alpha value is -3.01. The van der Waals surface area contributed by atoms with Crippen LogP contribution in [0.4, 0.5) is 10.1 Å². The standard InChI is InChI=1S/C19H16FNO2/c1-13(2)19(23)21-17-10-6-15(7-11-17)18(22)12-5-14-3-8-16(20)9-4-14/h3-12H,1H2,2H3,(H,21,23). The molecule has 0 spiro atoms. The molecule has 0 radical (unpaired) electrons. The van der Waals surface area contributed by atoms with Gasteiger partial charge in [-0.1, -0.05) is 24.8 Å². The minimum Gasteiger partial charge on any atom is -0.322 e. The van der Waals surface area contributed by atoms with E-state index in [1.807, 2.05) is 0 Å². The molecule has 2 rings (SSSR count). The Kier molecular flexibility index (Phi) is 5.20. The molecule has 4 heteroatoms. The Balaban J connectivity index is 2.04. The minimum absolute atomic E-state index is 0.174. The molecule has 23 heavy (non-hydrogen) atoms. The van der Waals surface area contributed by atoms with Crippen molar-refractivity contribution in [1.82, 2.24) is 0 Å². The van der Waals surface area contributed by atoms with Gasteiger partial charge in [0.25, 0.3) is 5.91 Å². The topological polar surface area (TPSA) is 46.2 Å². The van der Waals surface area contributed by atoms with Crippen molar-refractivity contribution in [2.75, 3.05) is 5.32 Å². The second kappa shape index (κ2) is 7.31. The van der Waals surface area contributed by atoms with Gasteiger partial charge in [-0.15, -0.1) is 0 Å². The van der Waals surface area contributed by atoms with Gasteiger partial charge < -0.3 is 5.32 Å². The van der Waals surface area contributed by atoms with E-state index in [2.05, 4.69) is 11.9 Å². The Morgan fingerprint density at radius 2 is 1.65 bits per heavy atom. The molecule has 0 aliphatic heterocycles. The van der Waals surface area contributed by atoms with E-state index in [1.165, 1.54) is 18.2 Å². The van der Waals surface area contributed by atoms with E-state index in [-0.39, 0.29) is 17.5 Å². The lowest BCUT2D eigenvalue weighted by Crippen LogP contribution is -2.11. The van der Waals surface area contributed by atoms with Crippen LogP contribution in [0.2, 0.25) is 0 Å². The summed E-state index contributed by atoms with van der Waals surface area (Å²) in [5.41, 5.74) is 2.24. The van der Waals surface area contributed by atoms with Crippen LogP contribution in [0.1, 0.15) is 22.8 Å². The van der Waals surface area contributed by atoms with E-state index in [1.54, 1.807) is 49.4 Å². The van der Waals surface area contributed by atoms with E-state index < -0.39 is 0 Å². The molecule has 116 valence electrons. The van der Waals surface area contributed by atoms with Crippen molar-refractivity contribution >= 4 is 23.5 Å². The molecule has 0 aromatic heterocycles. The number of benzene rings is 2. The fourth-order valence-corrected chi connectivity index (χ4v) is 1.80. The molecule has 2 aromatic carbocycles.